The van der Waals surface area contributed by atoms with E-state index in [-0.39, 0.29) is 3.61 Å². The van der Waals surface area contributed by atoms with E-state index in [1.54, 1.807) is 0 Å². The smallest absolute Gasteiger partial charge is 0.175 e. The van der Waals surface area contributed by atoms with Crippen LogP contribution in [0, 0.1) is 0 Å². The molecule has 1 aromatic carbocycles. The highest BCUT2D eigenvalue weighted by molar-refractivity contribution is 14.1. The Bertz CT molecular complexity index is 515. The summed E-state index contributed by atoms with van der Waals surface area (Å²) in [6, 6.07) is 8.56. The van der Waals surface area contributed by atoms with Crippen molar-refractivity contribution in [3.63, 3.8) is 0 Å². The molecule has 3 aliphatic rings. The molecule has 0 radical (unpaired) electrons. The number of alkyl halides is 1. The van der Waals surface area contributed by atoms with Gasteiger partial charge in [0.1, 0.15) is 6.10 Å². The van der Waals surface area contributed by atoms with Crippen LogP contribution in [0.2, 0.25) is 0 Å². The van der Waals surface area contributed by atoms with Gasteiger partial charge in [-0.3, -0.25) is 0 Å². The highest BCUT2D eigenvalue weighted by Gasteiger charge is 2.60. The van der Waals surface area contributed by atoms with Crippen molar-refractivity contribution in [2.24, 2.45) is 0 Å². The van der Waals surface area contributed by atoms with Gasteiger partial charge in [0.25, 0.3) is 0 Å². The molecule has 0 amide bonds. The Morgan fingerprint density at radius 2 is 2.00 bits per heavy atom. The molecule has 1 heterocycles. The van der Waals surface area contributed by atoms with E-state index in [0.717, 1.165) is 0 Å². The zero-order chi connectivity index (χ0) is 9.34. The first-order valence-corrected chi connectivity index (χ1v) is 5.78. The maximum absolute atomic E-state index is 5.70. The van der Waals surface area contributed by atoms with Crippen molar-refractivity contribution in [2.45, 2.75) is 9.71 Å². The Kier molecular flexibility index (Phi) is 1.17. The third kappa shape index (κ3) is 0.684. The van der Waals surface area contributed by atoms with Crippen LogP contribution in [0.4, 0.5) is 0 Å². The average molecular weight is 294 g/mol. The van der Waals surface area contributed by atoms with Gasteiger partial charge in [-0.05, 0) is 39.3 Å². The van der Waals surface area contributed by atoms with Gasteiger partial charge in [0.05, 0.1) is 0 Å². The van der Waals surface area contributed by atoms with Crippen LogP contribution in [0.25, 0.3) is 11.1 Å². The van der Waals surface area contributed by atoms with E-state index in [2.05, 4.69) is 59.0 Å². The number of hydrogen-bond acceptors (Lipinski definition) is 1. The Morgan fingerprint density at radius 1 is 1.21 bits per heavy atom. The first kappa shape index (κ1) is 7.65. The molecule has 0 saturated carbocycles. The van der Waals surface area contributed by atoms with E-state index in [9.17, 15) is 0 Å². The highest BCUT2D eigenvalue weighted by atomic mass is 127. The second kappa shape index (κ2) is 2.14. The van der Waals surface area contributed by atoms with Gasteiger partial charge >= 0.3 is 0 Å². The van der Waals surface area contributed by atoms with Crippen LogP contribution in [-0.4, -0.2) is 9.71 Å². The minimum atomic E-state index is -0.0316. The van der Waals surface area contributed by atoms with Crippen LogP contribution in [0.5, 0.6) is 0 Å². The predicted molar refractivity (Wildman–Crippen MR) is 64.0 cm³/mol. The lowest BCUT2D eigenvalue weighted by molar-refractivity contribution is 0.411. The van der Waals surface area contributed by atoms with Crippen LogP contribution < -0.4 is 0 Å². The Hall–Kier alpha value is -0.610. The summed E-state index contributed by atoms with van der Waals surface area (Å²) in [6.07, 6.45) is 4.68. The average Bonchev–Trinajstić information content (AvgIpc) is 2.82. The molecule has 2 aliphatic carbocycles. The van der Waals surface area contributed by atoms with Gasteiger partial charge < -0.3 is 4.74 Å². The molecule has 0 bridgehead atoms. The van der Waals surface area contributed by atoms with Gasteiger partial charge in [-0.2, -0.15) is 0 Å². The number of hydrogen-bond donors (Lipinski definition) is 0. The molecule has 1 nitrogen and oxygen atoms in total. The van der Waals surface area contributed by atoms with Crippen LogP contribution in [-0.2, 0) is 4.74 Å². The SMILES string of the molecule is IC12OC1C=CC1=C2c2ccccc21. The van der Waals surface area contributed by atoms with Gasteiger partial charge in [-0.25, -0.2) is 0 Å². The molecule has 1 saturated heterocycles. The van der Waals surface area contributed by atoms with Crippen molar-refractivity contribution in [1.82, 2.24) is 0 Å². The van der Waals surface area contributed by atoms with Gasteiger partial charge in [0, 0.05) is 5.57 Å². The molecule has 1 aromatic rings. The summed E-state index contributed by atoms with van der Waals surface area (Å²) in [5.41, 5.74) is 5.54. The molecule has 68 valence electrons. The molecule has 4 rings (SSSR count). The van der Waals surface area contributed by atoms with Gasteiger partial charge in [-0.1, -0.05) is 36.4 Å². The van der Waals surface area contributed by atoms with Crippen LogP contribution in [0.15, 0.2) is 36.4 Å². The van der Waals surface area contributed by atoms with Crippen LogP contribution >= 0.6 is 22.6 Å². The third-order valence-electron chi connectivity index (χ3n) is 3.14. The van der Waals surface area contributed by atoms with Crippen molar-refractivity contribution in [3.8, 4) is 0 Å². The molecule has 0 spiro atoms. The number of fused-ring (bicyclic) bond motifs is 5. The Morgan fingerprint density at radius 3 is 2.86 bits per heavy atom. The second-order valence-corrected chi connectivity index (χ2v) is 5.48. The number of rotatable bonds is 0. The number of halogens is 1. The molecule has 0 N–H and O–H groups in total. The largest absolute Gasteiger partial charge is 0.345 e. The third-order valence-corrected chi connectivity index (χ3v) is 4.55. The fourth-order valence-corrected chi connectivity index (χ4v) is 3.45. The summed E-state index contributed by atoms with van der Waals surface area (Å²) in [5.74, 6) is 0. The maximum Gasteiger partial charge on any atom is 0.175 e. The normalized spacial score (nSPS) is 35.6. The molecule has 2 unspecified atom stereocenters. The minimum absolute atomic E-state index is 0.0316. The summed E-state index contributed by atoms with van der Waals surface area (Å²) >= 11 is 2.42. The van der Waals surface area contributed by atoms with Gasteiger partial charge in [0.2, 0.25) is 0 Å². The second-order valence-electron chi connectivity index (χ2n) is 3.88. The lowest BCUT2D eigenvalue weighted by atomic mass is 9.76. The predicted octanol–water partition coefficient (Wildman–Crippen LogP) is 3.01. The lowest BCUT2D eigenvalue weighted by Crippen LogP contribution is -2.20. The van der Waals surface area contributed by atoms with Crippen molar-refractivity contribution in [2.75, 3.05) is 0 Å². The fraction of sp³-hybridized carbons (Fsp3) is 0.167. The summed E-state index contributed by atoms with van der Waals surface area (Å²) in [5, 5.41) is 0. The van der Waals surface area contributed by atoms with Crippen molar-refractivity contribution in [1.29, 1.82) is 0 Å². The molecule has 1 fully saturated rings. The van der Waals surface area contributed by atoms with Crippen LogP contribution in [0.3, 0.4) is 0 Å². The van der Waals surface area contributed by atoms with Crippen LogP contribution in [0.1, 0.15) is 11.1 Å². The zero-order valence-electron chi connectivity index (χ0n) is 7.33. The van der Waals surface area contributed by atoms with Crippen molar-refractivity contribution in [3.05, 3.63) is 47.5 Å². The number of epoxide rings is 1. The quantitative estimate of drug-likeness (QED) is 0.407. The standard InChI is InChI=1S/C12H7IO/c13-12-10(14-12)6-5-9-7-3-1-2-4-8(7)11(9)12/h1-6,10H. The van der Waals surface area contributed by atoms with E-state index in [0.29, 0.717) is 6.10 Å². The van der Waals surface area contributed by atoms with E-state index in [4.69, 9.17) is 4.74 Å². The van der Waals surface area contributed by atoms with E-state index < -0.39 is 0 Å². The highest BCUT2D eigenvalue weighted by Crippen LogP contribution is 2.63. The van der Waals surface area contributed by atoms with E-state index >= 15 is 0 Å². The summed E-state index contributed by atoms with van der Waals surface area (Å²) in [6.45, 7) is 0. The van der Waals surface area contributed by atoms with E-state index in [1.165, 1.54) is 22.3 Å². The minimum Gasteiger partial charge on any atom is -0.345 e. The lowest BCUT2D eigenvalue weighted by Gasteiger charge is -2.29. The Balaban J connectivity index is 1.99. The molecular weight excluding hydrogens is 287 g/mol. The first-order chi connectivity index (χ1) is 6.81. The molecule has 1 aliphatic heterocycles. The van der Waals surface area contributed by atoms with Crippen molar-refractivity contribution >= 4 is 33.7 Å². The number of ether oxygens (including phenoxy) is 1. The summed E-state index contributed by atoms with van der Waals surface area (Å²) in [4.78, 5) is 0. The van der Waals surface area contributed by atoms with Gasteiger partial charge in [0.15, 0.2) is 3.61 Å². The molecular formula is C12H7IO. The zero-order valence-corrected chi connectivity index (χ0v) is 9.49. The maximum atomic E-state index is 5.70. The van der Waals surface area contributed by atoms with E-state index in [1.807, 2.05) is 0 Å². The molecule has 0 aromatic heterocycles. The fourth-order valence-electron chi connectivity index (χ4n) is 2.39. The number of benzene rings is 1. The number of allylic oxidation sites excluding steroid dienone is 2. The molecule has 2 atom stereocenters. The topological polar surface area (TPSA) is 12.5 Å². The summed E-state index contributed by atoms with van der Waals surface area (Å²) < 4.78 is 5.67. The Labute approximate surface area is 95.6 Å². The molecule has 14 heavy (non-hydrogen) atoms. The summed E-state index contributed by atoms with van der Waals surface area (Å²) in [7, 11) is 0. The molecule has 2 heteroatoms. The van der Waals surface area contributed by atoms with Crippen molar-refractivity contribution < 1.29 is 4.74 Å². The van der Waals surface area contributed by atoms with Gasteiger partial charge in [-0.15, -0.1) is 0 Å². The first-order valence-electron chi connectivity index (χ1n) is 4.70. The monoisotopic (exact) mass is 294 g/mol.